The molecule has 0 fully saturated rings. The van der Waals surface area contributed by atoms with Crippen LogP contribution in [0.15, 0.2) is 42.7 Å². The van der Waals surface area contributed by atoms with Crippen molar-refractivity contribution < 1.29 is 14.3 Å². The zero-order valence-corrected chi connectivity index (χ0v) is 16.8. The second-order valence-electron chi connectivity index (χ2n) is 6.54. The van der Waals surface area contributed by atoms with Crippen molar-refractivity contribution >= 4 is 28.8 Å². The minimum atomic E-state index is 0.154. The fraction of sp³-hybridized carbons (Fsp3) is 0.190. The summed E-state index contributed by atoms with van der Waals surface area (Å²) < 4.78 is 12.7. The van der Waals surface area contributed by atoms with Crippen LogP contribution in [0, 0.1) is 6.92 Å². The molecule has 9 heteroatoms. The van der Waals surface area contributed by atoms with Crippen LogP contribution in [0.2, 0.25) is 0 Å². The number of fused-ring (bicyclic) bond motifs is 1. The van der Waals surface area contributed by atoms with Gasteiger partial charge in [0.1, 0.15) is 24.2 Å². The van der Waals surface area contributed by atoms with E-state index in [4.69, 9.17) is 9.47 Å². The molecule has 3 aromatic heterocycles. The molecule has 0 amide bonds. The number of methoxy groups -OCH3 is 2. The van der Waals surface area contributed by atoms with Gasteiger partial charge in [-0.05, 0) is 37.3 Å². The number of nitrogens with one attached hydrogen (secondary N) is 1. The largest absolute Gasteiger partial charge is 0.496 e. The number of hydrogen-bond acceptors (Lipinski definition) is 8. The van der Waals surface area contributed by atoms with E-state index in [0.29, 0.717) is 28.8 Å². The molecule has 4 rings (SSSR count). The Morgan fingerprint density at radius 1 is 1.10 bits per heavy atom. The highest BCUT2D eigenvalue weighted by atomic mass is 16.5. The summed E-state index contributed by atoms with van der Waals surface area (Å²) in [6, 6.07) is 11.3. The molecule has 0 radical (unpaired) electrons. The van der Waals surface area contributed by atoms with E-state index in [9.17, 15) is 4.79 Å². The molecule has 0 aliphatic heterocycles. The summed E-state index contributed by atoms with van der Waals surface area (Å²) >= 11 is 0. The lowest BCUT2D eigenvalue weighted by molar-refractivity contribution is -0.107. The molecule has 0 saturated carbocycles. The van der Waals surface area contributed by atoms with Crippen molar-refractivity contribution in [2.75, 3.05) is 19.5 Å². The maximum atomic E-state index is 11.0. The standard InChI is InChI=1S/C21H20N6O3/c1-13-4-7-19(26-25-13)23-14-5-6-17-16(10-14)22-12-27(17)20-11-18(29-2)15(8-9-28)21(24-20)30-3/h4-7,9-12H,8H2,1-3H3,(H,23,26). The second-order valence-corrected chi connectivity index (χ2v) is 6.54. The van der Waals surface area contributed by atoms with Gasteiger partial charge in [-0.15, -0.1) is 5.10 Å². The van der Waals surface area contributed by atoms with Crippen LogP contribution in [0.1, 0.15) is 11.3 Å². The van der Waals surface area contributed by atoms with Crippen LogP contribution in [0.25, 0.3) is 16.9 Å². The molecule has 4 aromatic rings. The quantitative estimate of drug-likeness (QED) is 0.469. The number of rotatable bonds is 7. The Morgan fingerprint density at radius 3 is 2.67 bits per heavy atom. The minimum Gasteiger partial charge on any atom is -0.496 e. The van der Waals surface area contributed by atoms with Crippen molar-refractivity contribution in [1.29, 1.82) is 0 Å². The van der Waals surface area contributed by atoms with Crippen LogP contribution >= 0.6 is 0 Å². The molecule has 1 aromatic carbocycles. The smallest absolute Gasteiger partial charge is 0.222 e. The fourth-order valence-electron chi connectivity index (χ4n) is 3.15. The van der Waals surface area contributed by atoms with E-state index in [1.807, 2.05) is 41.8 Å². The number of aromatic nitrogens is 5. The van der Waals surface area contributed by atoms with Crippen molar-refractivity contribution in [3.63, 3.8) is 0 Å². The van der Waals surface area contributed by atoms with Crippen molar-refractivity contribution in [2.24, 2.45) is 0 Å². The zero-order valence-electron chi connectivity index (χ0n) is 16.8. The van der Waals surface area contributed by atoms with Gasteiger partial charge in [-0.25, -0.2) is 4.98 Å². The van der Waals surface area contributed by atoms with Gasteiger partial charge >= 0.3 is 0 Å². The molecule has 0 aliphatic carbocycles. The highest BCUT2D eigenvalue weighted by Gasteiger charge is 2.16. The summed E-state index contributed by atoms with van der Waals surface area (Å²) in [5.41, 5.74) is 3.93. The van der Waals surface area contributed by atoms with Gasteiger partial charge in [0.25, 0.3) is 0 Å². The number of benzene rings is 1. The Bertz CT molecular complexity index is 1180. The molecule has 30 heavy (non-hydrogen) atoms. The Hall–Kier alpha value is -4.01. The molecular weight excluding hydrogens is 384 g/mol. The van der Waals surface area contributed by atoms with Gasteiger partial charge in [-0.2, -0.15) is 10.1 Å². The van der Waals surface area contributed by atoms with Gasteiger partial charge in [0.15, 0.2) is 5.82 Å². The summed E-state index contributed by atoms with van der Waals surface area (Å²) in [6.45, 7) is 1.89. The lowest BCUT2D eigenvalue weighted by Crippen LogP contribution is -2.05. The predicted molar refractivity (Wildman–Crippen MR) is 112 cm³/mol. The third kappa shape index (κ3) is 3.64. The van der Waals surface area contributed by atoms with E-state index in [1.165, 1.54) is 7.11 Å². The summed E-state index contributed by atoms with van der Waals surface area (Å²) in [7, 11) is 3.06. The number of nitrogens with zero attached hydrogens (tertiary/aromatic N) is 5. The monoisotopic (exact) mass is 404 g/mol. The fourth-order valence-corrected chi connectivity index (χ4v) is 3.15. The van der Waals surface area contributed by atoms with E-state index >= 15 is 0 Å². The molecule has 0 atom stereocenters. The number of pyridine rings is 1. The first-order valence-corrected chi connectivity index (χ1v) is 9.23. The molecule has 152 valence electrons. The predicted octanol–water partition coefficient (Wildman–Crippen LogP) is 3.02. The molecule has 1 N–H and O–H groups in total. The van der Waals surface area contributed by atoms with E-state index in [0.717, 1.165) is 28.7 Å². The van der Waals surface area contributed by atoms with Crippen LogP contribution in [0.4, 0.5) is 11.5 Å². The third-order valence-electron chi connectivity index (χ3n) is 4.60. The van der Waals surface area contributed by atoms with Gasteiger partial charge in [0.2, 0.25) is 5.88 Å². The molecular formula is C21H20N6O3. The van der Waals surface area contributed by atoms with Crippen LogP contribution in [0.5, 0.6) is 11.6 Å². The topological polar surface area (TPSA) is 104 Å². The summed E-state index contributed by atoms with van der Waals surface area (Å²) in [6.07, 6.45) is 2.63. The average Bonchev–Trinajstić information content (AvgIpc) is 3.19. The molecule has 0 saturated heterocycles. The highest BCUT2D eigenvalue weighted by molar-refractivity contribution is 5.82. The number of aryl methyl sites for hydroxylation is 1. The van der Waals surface area contributed by atoms with Crippen molar-refractivity contribution in [3.05, 3.63) is 54.0 Å². The molecule has 0 aliphatic rings. The maximum absolute atomic E-state index is 11.0. The zero-order chi connectivity index (χ0) is 21.1. The lowest BCUT2D eigenvalue weighted by Gasteiger charge is -2.13. The first-order chi connectivity index (χ1) is 14.6. The van der Waals surface area contributed by atoms with Crippen LogP contribution in [-0.4, -0.2) is 45.2 Å². The average molecular weight is 404 g/mol. The number of imidazole rings is 1. The Labute approximate surface area is 172 Å². The summed E-state index contributed by atoms with van der Waals surface area (Å²) in [4.78, 5) is 20.0. The van der Waals surface area contributed by atoms with Gasteiger partial charge in [0, 0.05) is 18.2 Å². The van der Waals surface area contributed by atoms with Crippen LogP contribution in [0.3, 0.4) is 0 Å². The Kier molecular flexibility index (Phi) is 5.25. The molecule has 0 bridgehead atoms. The van der Waals surface area contributed by atoms with Crippen molar-refractivity contribution in [2.45, 2.75) is 13.3 Å². The first-order valence-electron chi connectivity index (χ1n) is 9.23. The first kappa shape index (κ1) is 19.3. The third-order valence-corrected chi connectivity index (χ3v) is 4.60. The van der Waals surface area contributed by atoms with Crippen LogP contribution < -0.4 is 14.8 Å². The molecule has 9 nitrogen and oxygen atoms in total. The van der Waals surface area contributed by atoms with E-state index in [-0.39, 0.29) is 6.42 Å². The van der Waals surface area contributed by atoms with Crippen molar-refractivity contribution in [1.82, 2.24) is 24.7 Å². The van der Waals surface area contributed by atoms with Crippen LogP contribution in [-0.2, 0) is 11.2 Å². The van der Waals surface area contributed by atoms with Gasteiger partial charge < -0.3 is 19.6 Å². The van der Waals surface area contributed by atoms with Gasteiger partial charge in [0.05, 0.1) is 36.5 Å². The number of aldehydes is 1. The van der Waals surface area contributed by atoms with E-state index in [1.54, 1.807) is 19.5 Å². The highest BCUT2D eigenvalue weighted by Crippen LogP contribution is 2.31. The van der Waals surface area contributed by atoms with Gasteiger partial charge in [-0.1, -0.05) is 0 Å². The number of anilines is 2. The number of carbonyl (C=O) groups is 1. The molecule has 0 unspecified atom stereocenters. The van der Waals surface area contributed by atoms with E-state index < -0.39 is 0 Å². The Balaban J connectivity index is 1.71. The van der Waals surface area contributed by atoms with Crippen molar-refractivity contribution in [3.8, 4) is 17.4 Å². The van der Waals surface area contributed by atoms with Gasteiger partial charge in [-0.3, -0.25) is 4.57 Å². The molecule has 3 heterocycles. The second kappa shape index (κ2) is 8.16. The lowest BCUT2D eigenvalue weighted by atomic mass is 10.2. The summed E-state index contributed by atoms with van der Waals surface area (Å²) in [5, 5.41) is 11.4. The number of ether oxygens (including phenoxy) is 2. The Morgan fingerprint density at radius 2 is 1.97 bits per heavy atom. The molecule has 0 spiro atoms. The summed E-state index contributed by atoms with van der Waals surface area (Å²) in [5.74, 6) is 2.10. The van der Waals surface area contributed by atoms with E-state index in [2.05, 4.69) is 25.5 Å². The number of carbonyl (C=O) groups excluding carboxylic acids is 1. The normalized spacial score (nSPS) is 10.8. The maximum Gasteiger partial charge on any atom is 0.222 e. The SMILES string of the molecule is COc1cc(-n2cnc3cc(Nc4ccc(C)nn4)ccc32)nc(OC)c1CC=O. The number of hydrogen-bond donors (Lipinski definition) is 1. The minimum absolute atomic E-state index is 0.154.